The van der Waals surface area contributed by atoms with Crippen LogP contribution in [0.25, 0.3) is 0 Å². The molecule has 0 spiro atoms. The first kappa shape index (κ1) is 9.92. The van der Waals surface area contributed by atoms with E-state index in [0.29, 0.717) is 6.10 Å². The number of unbranched alkanes of at least 4 members (excludes halogenated alkanes) is 1. The van der Waals surface area contributed by atoms with Gasteiger partial charge in [0.15, 0.2) is 0 Å². The molecule has 2 heteroatoms. The maximum absolute atomic E-state index is 5.11. The standard InChI is InChI=1S/C8H19NO/c1-8(10-3)6-4-5-7-9-2/h8-9H,4-7H2,1-3H3/t8-/m0/s1. The fourth-order valence-corrected chi connectivity index (χ4v) is 0.851. The van der Waals surface area contributed by atoms with Gasteiger partial charge in [-0.2, -0.15) is 0 Å². The van der Waals surface area contributed by atoms with E-state index >= 15 is 0 Å². The molecule has 0 radical (unpaired) electrons. The SMILES string of the molecule is CNCCCC[C@H](C)OC. The molecule has 0 amide bonds. The molecular formula is C8H19NO. The minimum absolute atomic E-state index is 0.428. The van der Waals surface area contributed by atoms with Crippen LogP contribution in [0.2, 0.25) is 0 Å². The van der Waals surface area contributed by atoms with Crippen LogP contribution in [0.4, 0.5) is 0 Å². The van der Waals surface area contributed by atoms with Crippen molar-refractivity contribution >= 4 is 0 Å². The highest BCUT2D eigenvalue weighted by Crippen LogP contribution is 2.01. The molecule has 0 rings (SSSR count). The van der Waals surface area contributed by atoms with Crippen molar-refractivity contribution in [3.05, 3.63) is 0 Å². The average Bonchev–Trinajstić information content (AvgIpc) is 1.98. The maximum atomic E-state index is 5.11. The molecule has 0 aromatic rings. The van der Waals surface area contributed by atoms with Crippen molar-refractivity contribution in [1.82, 2.24) is 5.32 Å². The zero-order valence-electron chi connectivity index (χ0n) is 7.31. The van der Waals surface area contributed by atoms with Gasteiger partial charge in [0.2, 0.25) is 0 Å². The fraction of sp³-hybridized carbons (Fsp3) is 1.00. The maximum Gasteiger partial charge on any atom is 0.0543 e. The molecule has 0 aromatic carbocycles. The molecule has 1 atom stereocenters. The summed E-state index contributed by atoms with van der Waals surface area (Å²) >= 11 is 0. The van der Waals surface area contributed by atoms with Crippen molar-refractivity contribution in [2.75, 3.05) is 20.7 Å². The molecule has 0 fully saturated rings. The van der Waals surface area contributed by atoms with Gasteiger partial charge >= 0.3 is 0 Å². The molecule has 0 aromatic heterocycles. The van der Waals surface area contributed by atoms with Gasteiger partial charge in [-0.05, 0) is 39.8 Å². The zero-order chi connectivity index (χ0) is 7.82. The molecule has 10 heavy (non-hydrogen) atoms. The summed E-state index contributed by atoms with van der Waals surface area (Å²) in [4.78, 5) is 0. The van der Waals surface area contributed by atoms with Gasteiger partial charge in [-0.1, -0.05) is 0 Å². The second-order valence-electron chi connectivity index (χ2n) is 2.65. The molecule has 2 nitrogen and oxygen atoms in total. The summed E-state index contributed by atoms with van der Waals surface area (Å²) in [6.45, 7) is 3.23. The quantitative estimate of drug-likeness (QED) is 0.571. The summed E-state index contributed by atoms with van der Waals surface area (Å²) in [5.74, 6) is 0. The minimum atomic E-state index is 0.428. The van der Waals surface area contributed by atoms with Crippen LogP contribution >= 0.6 is 0 Å². The van der Waals surface area contributed by atoms with Crippen LogP contribution in [0.15, 0.2) is 0 Å². The predicted octanol–water partition coefficient (Wildman–Crippen LogP) is 1.41. The van der Waals surface area contributed by atoms with E-state index in [1.54, 1.807) is 7.11 Å². The van der Waals surface area contributed by atoms with Gasteiger partial charge in [0, 0.05) is 7.11 Å². The summed E-state index contributed by atoms with van der Waals surface area (Å²) in [5, 5.41) is 3.12. The predicted molar refractivity (Wildman–Crippen MR) is 44.2 cm³/mol. The molecule has 0 saturated heterocycles. The number of ether oxygens (including phenoxy) is 1. The van der Waals surface area contributed by atoms with Crippen molar-refractivity contribution in [2.45, 2.75) is 32.3 Å². The molecule has 0 aliphatic rings. The highest BCUT2D eigenvalue weighted by molar-refractivity contribution is 4.50. The molecule has 1 N–H and O–H groups in total. The number of nitrogens with one attached hydrogen (secondary N) is 1. The van der Waals surface area contributed by atoms with Crippen LogP contribution in [0.1, 0.15) is 26.2 Å². The van der Waals surface area contributed by atoms with Crippen LogP contribution in [-0.4, -0.2) is 26.8 Å². The number of hydrogen-bond donors (Lipinski definition) is 1. The molecule has 0 aliphatic carbocycles. The van der Waals surface area contributed by atoms with E-state index in [9.17, 15) is 0 Å². The van der Waals surface area contributed by atoms with Gasteiger partial charge in [-0.25, -0.2) is 0 Å². The van der Waals surface area contributed by atoms with Gasteiger partial charge in [-0.3, -0.25) is 0 Å². The van der Waals surface area contributed by atoms with Crippen LogP contribution < -0.4 is 5.32 Å². The van der Waals surface area contributed by atoms with Crippen molar-refractivity contribution in [3.8, 4) is 0 Å². The third kappa shape index (κ3) is 6.05. The first-order valence-corrected chi connectivity index (χ1v) is 3.98. The third-order valence-electron chi connectivity index (χ3n) is 1.69. The molecular weight excluding hydrogens is 126 g/mol. The Labute approximate surface area is 64.0 Å². The Morgan fingerprint density at radius 2 is 2.10 bits per heavy atom. The van der Waals surface area contributed by atoms with E-state index in [-0.39, 0.29) is 0 Å². The summed E-state index contributed by atoms with van der Waals surface area (Å²) in [5.41, 5.74) is 0. The lowest BCUT2D eigenvalue weighted by Crippen LogP contribution is -2.09. The smallest absolute Gasteiger partial charge is 0.0543 e. The number of hydrogen-bond acceptors (Lipinski definition) is 2. The van der Waals surface area contributed by atoms with Gasteiger partial charge in [0.05, 0.1) is 6.10 Å². The molecule has 0 heterocycles. The molecule has 0 saturated carbocycles. The van der Waals surface area contributed by atoms with Gasteiger partial charge < -0.3 is 10.1 Å². The van der Waals surface area contributed by atoms with Crippen LogP contribution in [-0.2, 0) is 4.74 Å². The molecule has 62 valence electrons. The summed E-state index contributed by atoms with van der Waals surface area (Å²) in [6, 6.07) is 0. The van der Waals surface area contributed by atoms with Gasteiger partial charge in [0.1, 0.15) is 0 Å². The average molecular weight is 145 g/mol. The zero-order valence-corrected chi connectivity index (χ0v) is 7.31. The lowest BCUT2D eigenvalue weighted by Gasteiger charge is -2.07. The monoisotopic (exact) mass is 145 g/mol. The van der Waals surface area contributed by atoms with Crippen molar-refractivity contribution in [3.63, 3.8) is 0 Å². The first-order chi connectivity index (χ1) is 4.81. The van der Waals surface area contributed by atoms with Crippen LogP contribution in [0.3, 0.4) is 0 Å². The minimum Gasteiger partial charge on any atom is -0.382 e. The topological polar surface area (TPSA) is 21.3 Å². The lowest BCUT2D eigenvalue weighted by atomic mass is 10.2. The fourth-order valence-electron chi connectivity index (χ4n) is 0.851. The highest BCUT2D eigenvalue weighted by atomic mass is 16.5. The summed E-state index contributed by atoms with van der Waals surface area (Å²) < 4.78 is 5.11. The van der Waals surface area contributed by atoms with E-state index in [2.05, 4.69) is 12.2 Å². The van der Waals surface area contributed by atoms with E-state index < -0.39 is 0 Å². The van der Waals surface area contributed by atoms with E-state index in [1.807, 2.05) is 7.05 Å². The Balaban J connectivity index is 2.89. The largest absolute Gasteiger partial charge is 0.382 e. The Hall–Kier alpha value is -0.0800. The Morgan fingerprint density at radius 3 is 2.60 bits per heavy atom. The van der Waals surface area contributed by atoms with Gasteiger partial charge in [0.25, 0.3) is 0 Å². The lowest BCUT2D eigenvalue weighted by molar-refractivity contribution is 0.108. The molecule has 0 aliphatic heterocycles. The molecule has 0 unspecified atom stereocenters. The van der Waals surface area contributed by atoms with E-state index in [4.69, 9.17) is 4.74 Å². The summed E-state index contributed by atoms with van der Waals surface area (Å²) in [7, 11) is 3.75. The number of rotatable bonds is 6. The summed E-state index contributed by atoms with van der Waals surface area (Å²) in [6.07, 6.45) is 4.12. The third-order valence-corrected chi connectivity index (χ3v) is 1.69. The highest BCUT2D eigenvalue weighted by Gasteiger charge is 1.96. The Morgan fingerprint density at radius 1 is 1.40 bits per heavy atom. The second kappa shape index (κ2) is 7.03. The first-order valence-electron chi connectivity index (χ1n) is 3.98. The normalized spacial score (nSPS) is 13.5. The number of methoxy groups -OCH3 is 1. The van der Waals surface area contributed by atoms with Crippen molar-refractivity contribution in [1.29, 1.82) is 0 Å². The Kier molecular flexibility index (Phi) is 6.98. The van der Waals surface area contributed by atoms with E-state index in [1.165, 1.54) is 19.3 Å². The Bertz CT molecular complexity index is 66.3. The van der Waals surface area contributed by atoms with E-state index in [0.717, 1.165) is 6.54 Å². The molecule has 0 bridgehead atoms. The van der Waals surface area contributed by atoms with Crippen molar-refractivity contribution in [2.24, 2.45) is 0 Å². The van der Waals surface area contributed by atoms with Gasteiger partial charge in [-0.15, -0.1) is 0 Å². The van der Waals surface area contributed by atoms with Crippen LogP contribution in [0.5, 0.6) is 0 Å². The van der Waals surface area contributed by atoms with Crippen molar-refractivity contribution < 1.29 is 4.74 Å². The van der Waals surface area contributed by atoms with Crippen LogP contribution in [0, 0.1) is 0 Å². The second-order valence-corrected chi connectivity index (χ2v) is 2.65.